The minimum absolute atomic E-state index is 0.151. The topological polar surface area (TPSA) is 46.5 Å². The van der Waals surface area contributed by atoms with Gasteiger partial charge in [0, 0.05) is 6.42 Å². The van der Waals surface area contributed by atoms with Crippen molar-refractivity contribution in [3.05, 3.63) is 0 Å². The SMILES string of the molecule is CC(C)(C)OC(=O)CC[C@@H]1CCC[C@H]1O. The smallest absolute Gasteiger partial charge is 0.306 e. The molecule has 1 aliphatic carbocycles. The summed E-state index contributed by atoms with van der Waals surface area (Å²) in [5.41, 5.74) is -0.397. The maximum Gasteiger partial charge on any atom is 0.306 e. The highest BCUT2D eigenvalue weighted by atomic mass is 16.6. The van der Waals surface area contributed by atoms with E-state index in [9.17, 15) is 9.90 Å². The zero-order chi connectivity index (χ0) is 11.5. The van der Waals surface area contributed by atoms with E-state index in [4.69, 9.17) is 4.74 Å². The molecule has 1 N–H and O–H groups in total. The van der Waals surface area contributed by atoms with Crippen molar-refractivity contribution in [2.75, 3.05) is 0 Å². The number of carbonyl (C=O) groups excluding carboxylic acids is 1. The Bertz CT molecular complexity index is 217. The summed E-state index contributed by atoms with van der Waals surface area (Å²) < 4.78 is 5.21. The summed E-state index contributed by atoms with van der Waals surface area (Å²) >= 11 is 0. The normalized spacial score (nSPS) is 26.7. The molecular weight excluding hydrogens is 192 g/mol. The van der Waals surface area contributed by atoms with Crippen LogP contribution in [-0.2, 0) is 9.53 Å². The molecule has 1 fully saturated rings. The number of esters is 1. The summed E-state index contributed by atoms with van der Waals surface area (Å²) in [4.78, 5) is 11.4. The van der Waals surface area contributed by atoms with E-state index in [0.29, 0.717) is 12.3 Å². The first-order valence-electron chi connectivity index (χ1n) is 5.78. The molecule has 0 heterocycles. The standard InChI is InChI=1S/C12H22O3/c1-12(2,3)15-11(14)8-7-9-5-4-6-10(9)13/h9-10,13H,4-8H2,1-3H3/t9-,10+/m0/s1. The summed E-state index contributed by atoms with van der Waals surface area (Å²) in [5, 5.41) is 9.58. The Morgan fingerprint density at radius 1 is 1.40 bits per heavy atom. The van der Waals surface area contributed by atoms with Gasteiger partial charge in [0.05, 0.1) is 6.10 Å². The van der Waals surface area contributed by atoms with Crippen LogP contribution in [0.2, 0.25) is 0 Å². The second-order valence-corrected chi connectivity index (χ2v) is 5.38. The lowest BCUT2D eigenvalue weighted by atomic mass is 10.00. The summed E-state index contributed by atoms with van der Waals surface area (Å²) in [6, 6.07) is 0. The van der Waals surface area contributed by atoms with Gasteiger partial charge in [-0.05, 0) is 46.0 Å². The summed E-state index contributed by atoms with van der Waals surface area (Å²) in [6.45, 7) is 5.61. The zero-order valence-corrected chi connectivity index (χ0v) is 9.95. The van der Waals surface area contributed by atoms with Gasteiger partial charge in [0.1, 0.15) is 5.60 Å². The van der Waals surface area contributed by atoms with E-state index in [-0.39, 0.29) is 12.1 Å². The molecule has 0 radical (unpaired) electrons. The number of aliphatic hydroxyl groups is 1. The van der Waals surface area contributed by atoms with E-state index in [0.717, 1.165) is 25.7 Å². The molecule has 3 nitrogen and oxygen atoms in total. The predicted molar refractivity (Wildman–Crippen MR) is 58.4 cm³/mol. The minimum Gasteiger partial charge on any atom is -0.460 e. The molecule has 0 aliphatic heterocycles. The molecule has 3 heteroatoms. The monoisotopic (exact) mass is 214 g/mol. The molecule has 1 saturated carbocycles. The summed E-state index contributed by atoms with van der Waals surface area (Å²) in [7, 11) is 0. The second-order valence-electron chi connectivity index (χ2n) is 5.38. The molecule has 0 unspecified atom stereocenters. The van der Waals surface area contributed by atoms with E-state index in [1.54, 1.807) is 0 Å². The van der Waals surface area contributed by atoms with Crippen molar-refractivity contribution in [1.82, 2.24) is 0 Å². The highest BCUT2D eigenvalue weighted by Crippen LogP contribution is 2.29. The maximum absolute atomic E-state index is 11.4. The lowest BCUT2D eigenvalue weighted by molar-refractivity contribution is -0.155. The molecule has 88 valence electrons. The van der Waals surface area contributed by atoms with Crippen LogP contribution in [0.4, 0.5) is 0 Å². The van der Waals surface area contributed by atoms with Crippen molar-refractivity contribution in [1.29, 1.82) is 0 Å². The molecule has 0 aromatic rings. The van der Waals surface area contributed by atoms with Gasteiger partial charge in [-0.2, -0.15) is 0 Å². The number of aliphatic hydroxyl groups excluding tert-OH is 1. The fourth-order valence-corrected chi connectivity index (χ4v) is 2.05. The zero-order valence-electron chi connectivity index (χ0n) is 9.95. The third-order valence-corrected chi connectivity index (χ3v) is 2.76. The van der Waals surface area contributed by atoms with Crippen LogP contribution in [0.1, 0.15) is 52.9 Å². The van der Waals surface area contributed by atoms with Crippen molar-refractivity contribution in [2.45, 2.75) is 64.6 Å². The Balaban J connectivity index is 2.22. The van der Waals surface area contributed by atoms with Crippen LogP contribution in [-0.4, -0.2) is 22.8 Å². The molecule has 0 amide bonds. The van der Waals surface area contributed by atoms with Gasteiger partial charge in [-0.25, -0.2) is 0 Å². The van der Waals surface area contributed by atoms with Crippen LogP contribution in [0.5, 0.6) is 0 Å². The van der Waals surface area contributed by atoms with Crippen LogP contribution in [0.3, 0.4) is 0 Å². The summed E-state index contributed by atoms with van der Waals surface area (Å²) in [6.07, 6.45) is 4.01. The van der Waals surface area contributed by atoms with Crippen LogP contribution in [0, 0.1) is 5.92 Å². The van der Waals surface area contributed by atoms with E-state index in [2.05, 4.69) is 0 Å². The highest BCUT2D eigenvalue weighted by molar-refractivity contribution is 5.69. The third kappa shape index (κ3) is 4.65. The Hall–Kier alpha value is -0.570. The van der Waals surface area contributed by atoms with E-state index in [1.807, 2.05) is 20.8 Å². The molecule has 15 heavy (non-hydrogen) atoms. The predicted octanol–water partition coefficient (Wildman–Crippen LogP) is 2.27. The van der Waals surface area contributed by atoms with Gasteiger partial charge < -0.3 is 9.84 Å². The van der Waals surface area contributed by atoms with Crippen molar-refractivity contribution >= 4 is 5.97 Å². The molecule has 1 aliphatic rings. The molecule has 2 atom stereocenters. The van der Waals surface area contributed by atoms with Crippen molar-refractivity contribution in [3.8, 4) is 0 Å². The minimum atomic E-state index is -0.397. The fourth-order valence-electron chi connectivity index (χ4n) is 2.05. The first-order chi connectivity index (χ1) is 6.88. The van der Waals surface area contributed by atoms with Gasteiger partial charge in [-0.1, -0.05) is 6.42 Å². The van der Waals surface area contributed by atoms with Crippen molar-refractivity contribution in [2.24, 2.45) is 5.92 Å². The molecule has 1 rings (SSSR count). The molecular formula is C12H22O3. The number of carbonyl (C=O) groups is 1. The van der Waals surface area contributed by atoms with Crippen LogP contribution < -0.4 is 0 Å². The Morgan fingerprint density at radius 2 is 2.07 bits per heavy atom. The average molecular weight is 214 g/mol. The molecule has 0 aromatic heterocycles. The summed E-state index contributed by atoms with van der Waals surface area (Å²) in [5.74, 6) is 0.152. The number of ether oxygens (including phenoxy) is 1. The third-order valence-electron chi connectivity index (χ3n) is 2.76. The van der Waals surface area contributed by atoms with Crippen molar-refractivity contribution < 1.29 is 14.6 Å². The largest absolute Gasteiger partial charge is 0.460 e. The van der Waals surface area contributed by atoms with Gasteiger partial charge in [-0.3, -0.25) is 4.79 Å². The van der Waals surface area contributed by atoms with Gasteiger partial charge in [0.25, 0.3) is 0 Å². The quantitative estimate of drug-likeness (QED) is 0.733. The highest BCUT2D eigenvalue weighted by Gasteiger charge is 2.26. The van der Waals surface area contributed by atoms with Gasteiger partial charge >= 0.3 is 5.97 Å². The first kappa shape index (κ1) is 12.5. The van der Waals surface area contributed by atoms with E-state index < -0.39 is 5.60 Å². The lowest BCUT2D eigenvalue weighted by Crippen LogP contribution is -2.24. The molecule has 0 saturated heterocycles. The second kappa shape index (κ2) is 4.97. The van der Waals surface area contributed by atoms with Gasteiger partial charge in [0.15, 0.2) is 0 Å². The van der Waals surface area contributed by atoms with Gasteiger partial charge in [0.2, 0.25) is 0 Å². The van der Waals surface area contributed by atoms with E-state index >= 15 is 0 Å². The lowest BCUT2D eigenvalue weighted by Gasteiger charge is -2.20. The molecule has 0 aromatic carbocycles. The van der Waals surface area contributed by atoms with Crippen LogP contribution in [0.25, 0.3) is 0 Å². The number of hydrogen-bond acceptors (Lipinski definition) is 3. The Labute approximate surface area is 91.8 Å². The maximum atomic E-state index is 11.4. The average Bonchev–Trinajstić information content (AvgIpc) is 2.44. The Morgan fingerprint density at radius 3 is 2.53 bits per heavy atom. The van der Waals surface area contributed by atoms with Crippen molar-refractivity contribution in [3.63, 3.8) is 0 Å². The Kier molecular flexibility index (Phi) is 4.14. The van der Waals surface area contributed by atoms with Gasteiger partial charge in [-0.15, -0.1) is 0 Å². The van der Waals surface area contributed by atoms with Crippen LogP contribution >= 0.6 is 0 Å². The van der Waals surface area contributed by atoms with E-state index in [1.165, 1.54) is 0 Å². The van der Waals surface area contributed by atoms with Crippen LogP contribution in [0.15, 0.2) is 0 Å². The fraction of sp³-hybridized carbons (Fsp3) is 0.917. The molecule has 0 spiro atoms. The molecule has 0 bridgehead atoms. The number of rotatable bonds is 3. The number of hydrogen-bond donors (Lipinski definition) is 1. The first-order valence-corrected chi connectivity index (χ1v) is 5.78.